The largest absolute Gasteiger partial charge is 0.444 e. The fraction of sp³-hybridized carbons (Fsp3) is 0.579. The first-order chi connectivity index (χ1) is 12.3. The Hall–Kier alpha value is -2.28. The van der Waals surface area contributed by atoms with E-state index in [0.717, 1.165) is 11.1 Å². The predicted molar refractivity (Wildman–Crippen MR) is 104 cm³/mol. The number of benzene rings is 1. The van der Waals surface area contributed by atoms with Crippen molar-refractivity contribution in [3.8, 4) is 0 Å². The normalized spacial score (nSPS) is 11.8. The molecule has 0 aliphatic carbocycles. The van der Waals surface area contributed by atoms with E-state index in [1.54, 1.807) is 7.05 Å². The number of ether oxygens (including phenoxy) is 2. The van der Waals surface area contributed by atoms with E-state index in [0.29, 0.717) is 38.8 Å². The highest BCUT2D eigenvalue weighted by molar-refractivity contribution is 5.79. The third-order valence-corrected chi connectivity index (χ3v) is 3.27. The number of nitrogens with zero attached hydrogens (tertiary/aromatic N) is 1. The van der Waals surface area contributed by atoms with Gasteiger partial charge in [-0.2, -0.15) is 0 Å². The first-order valence-electron chi connectivity index (χ1n) is 8.91. The summed E-state index contributed by atoms with van der Waals surface area (Å²) in [4.78, 5) is 15.7. The molecule has 0 aliphatic heterocycles. The van der Waals surface area contributed by atoms with Crippen LogP contribution in [-0.4, -0.2) is 44.4 Å². The molecule has 0 heterocycles. The number of alkyl carbamates (subject to hydrolysis) is 1. The minimum absolute atomic E-state index is 0.422. The van der Waals surface area contributed by atoms with Crippen molar-refractivity contribution >= 4 is 12.1 Å². The van der Waals surface area contributed by atoms with Gasteiger partial charge in [0.25, 0.3) is 0 Å². The maximum atomic E-state index is 11.6. The molecule has 0 radical (unpaired) electrons. The van der Waals surface area contributed by atoms with E-state index in [1.807, 2.05) is 27.7 Å². The number of hydrogen-bond acceptors (Lipinski definition) is 4. The van der Waals surface area contributed by atoms with Crippen molar-refractivity contribution in [3.63, 3.8) is 0 Å². The second-order valence-electron chi connectivity index (χ2n) is 6.73. The first kappa shape index (κ1) is 21.8. The number of hydrogen-bond donors (Lipinski definition) is 3. The van der Waals surface area contributed by atoms with Gasteiger partial charge in [-0.1, -0.05) is 24.3 Å². The van der Waals surface area contributed by atoms with Gasteiger partial charge >= 0.3 is 6.09 Å². The molecule has 1 rings (SSSR count). The van der Waals surface area contributed by atoms with Crippen LogP contribution in [0.1, 0.15) is 38.8 Å². The van der Waals surface area contributed by atoms with Crippen LogP contribution in [0.5, 0.6) is 0 Å². The molecule has 0 spiro atoms. The Balaban J connectivity index is 2.27. The van der Waals surface area contributed by atoms with Crippen molar-refractivity contribution < 1.29 is 14.3 Å². The maximum absolute atomic E-state index is 11.6. The van der Waals surface area contributed by atoms with Crippen molar-refractivity contribution in [1.29, 1.82) is 0 Å². The molecule has 146 valence electrons. The molecule has 0 atom stereocenters. The quantitative estimate of drug-likeness (QED) is 0.375. The van der Waals surface area contributed by atoms with E-state index < -0.39 is 11.7 Å². The fourth-order valence-corrected chi connectivity index (χ4v) is 2.04. The Bertz CT molecular complexity index is 565. The molecule has 0 saturated carbocycles. The highest BCUT2D eigenvalue weighted by atomic mass is 16.6. The maximum Gasteiger partial charge on any atom is 0.407 e. The number of rotatable bonds is 8. The van der Waals surface area contributed by atoms with Gasteiger partial charge < -0.3 is 25.4 Å². The highest BCUT2D eigenvalue weighted by Crippen LogP contribution is 2.06. The molecule has 26 heavy (non-hydrogen) atoms. The minimum atomic E-state index is -0.493. The predicted octanol–water partition coefficient (Wildman–Crippen LogP) is 2.41. The highest BCUT2D eigenvalue weighted by Gasteiger charge is 2.15. The molecule has 0 aliphatic rings. The van der Waals surface area contributed by atoms with Crippen molar-refractivity contribution in [2.24, 2.45) is 4.99 Å². The van der Waals surface area contributed by atoms with Crippen LogP contribution in [0.3, 0.4) is 0 Å². The molecular weight excluding hydrogens is 332 g/mol. The van der Waals surface area contributed by atoms with Gasteiger partial charge in [0.05, 0.1) is 6.61 Å². The smallest absolute Gasteiger partial charge is 0.407 e. The van der Waals surface area contributed by atoms with Gasteiger partial charge in [0.2, 0.25) is 0 Å². The molecule has 1 aromatic rings. The van der Waals surface area contributed by atoms with Gasteiger partial charge in [-0.15, -0.1) is 0 Å². The number of guanidine groups is 1. The molecule has 0 fully saturated rings. The number of nitrogens with one attached hydrogen (secondary N) is 3. The zero-order valence-corrected chi connectivity index (χ0v) is 16.5. The number of carbonyl (C=O) groups excluding carboxylic acids is 1. The first-order valence-corrected chi connectivity index (χ1v) is 8.91. The van der Waals surface area contributed by atoms with Gasteiger partial charge in [0.15, 0.2) is 5.96 Å². The molecule has 0 aromatic heterocycles. The Kier molecular flexibility index (Phi) is 9.51. The lowest BCUT2D eigenvalue weighted by molar-refractivity contribution is 0.0529. The SMILES string of the molecule is CCOCc1ccc(CNC(=NC)NCCNC(=O)OC(C)(C)C)cc1. The van der Waals surface area contributed by atoms with Gasteiger partial charge in [0, 0.05) is 33.3 Å². The second kappa shape index (κ2) is 11.4. The number of carbonyl (C=O) groups is 1. The van der Waals surface area contributed by atoms with Gasteiger partial charge in [-0.3, -0.25) is 4.99 Å². The average molecular weight is 364 g/mol. The van der Waals surface area contributed by atoms with Crippen molar-refractivity contribution in [1.82, 2.24) is 16.0 Å². The van der Waals surface area contributed by atoms with Crippen LogP contribution in [0.15, 0.2) is 29.3 Å². The standard InChI is InChI=1S/C19H32N4O3/c1-6-25-14-16-9-7-15(8-10-16)13-23-17(20-5)21-11-12-22-18(24)26-19(2,3)4/h7-10H,6,11-14H2,1-5H3,(H,22,24)(H2,20,21,23). The van der Waals surface area contributed by atoms with Crippen LogP contribution in [-0.2, 0) is 22.6 Å². The lowest BCUT2D eigenvalue weighted by Crippen LogP contribution is -2.42. The van der Waals surface area contributed by atoms with Crippen molar-refractivity contribution in [2.75, 3.05) is 26.7 Å². The molecule has 7 nitrogen and oxygen atoms in total. The van der Waals surface area contributed by atoms with Crippen LogP contribution < -0.4 is 16.0 Å². The molecule has 3 N–H and O–H groups in total. The third kappa shape index (κ3) is 9.88. The van der Waals surface area contributed by atoms with Crippen LogP contribution >= 0.6 is 0 Å². The van der Waals surface area contributed by atoms with Crippen LogP contribution in [0.25, 0.3) is 0 Å². The Morgan fingerprint density at radius 2 is 1.65 bits per heavy atom. The Labute approximate surface area is 156 Å². The summed E-state index contributed by atoms with van der Waals surface area (Å²) >= 11 is 0. The number of aliphatic imine (C=N–C) groups is 1. The molecule has 7 heteroatoms. The van der Waals surface area contributed by atoms with E-state index in [4.69, 9.17) is 9.47 Å². The summed E-state index contributed by atoms with van der Waals surface area (Å²) in [6.07, 6.45) is -0.422. The lowest BCUT2D eigenvalue weighted by Gasteiger charge is -2.20. The second-order valence-corrected chi connectivity index (χ2v) is 6.73. The topological polar surface area (TPSA) is 84.0 Å². The van der Waals surface area contributed by atoms with Gasteiger partial charge in [-0.05, 0) is 38.8 Å². The zero-order valence-electron chi connectivity index (χ0n) is 16.5. The molecular formula is C19H32N4O3. The lowest BCUT2D eigenvalue weighted by atomic mass is 10.1. The molecule has 0 unspecified atom stereocenters. The summed E-state index contributed by atoms with van der Waals surface area (Å²) in [5.41, 5.74) is 1.82. The van der Waals surface area contributed by atoms with Crippen LogP contribution in [0.4, 0.5) is 4.79 Å². The minimum Gasteiger partial charge on any atom is -0.444 e. The fourth-order valence-electron chi connectivity index (χ4n) is 2.04. The van der Waals surface area contributed by atoms with Crippen LogP contribution in [0.2, 0.25) is 0 Å². The summed E-state index contributed by atoms with van der Waals surface area (Å²) in [6.45, 7) is 10.5. The van der Waals surface area contributed by atoms with E-state index in [1.165, 1.54) is 0 Å². The van der Waals surface area contributed by atoms with Gasteiger partial charge in [0.1, 0.15) is 5.60 Å². The Morgan fingerprint density at radius 3 is 2.23 bits per heavy atom. The van der Waals surface area contributed by atoms with E-state index in [-0.39, 0.29) is 0 Å². The van der Waals surface area contributed by atoms with E-state index in [2.05, 4.69) is 45.2 Å². The summed E-state index contributed by atoms with van der Waals surface area (Å²) in [7, 11) is 1.71. The summed E-state index contributed by atoms with van der Waals surface area (Å²) in [5.74, 6) is 0.675. The average Bonchev–Trinajstić information content (AvgIpc) is 2.58. The van der Waals surface area contributed by atoms with Gasteiger partial charge in [-0.25, -0.2) is 4.79 Å². The summed E-state index contributed by atoms with van der Waals surface area (Å²) in [5, 5.41) is 9.08. The van der Waals surface area contributed by atoms with E-state index >= 15 is 0 Å². The van der Waals surface area contributed by atoms with Crippen molar-refractivity contribution in [3.05, 3.63) is 35.4 Å². The number of amides is 1. The Morgan fingerprint density at radius 1 is 1.04 bits per heavy atom. The van der Waals surface area contributed by atoms with Crippen LogP contribution in [0, 0.1) is 0 Å². The molecule has 0 saturated heterocycles. The summed E-state index contributed by atoms with van der Waals surface area (Å²) < 4.78 is 10.6. The molecule has 1 amide bonds. The molecule has 1 aromatic carbocycles. The monoisotopic (exact) mass is 364 g/mol. The third-order valence-electron chi connectivity index (χ3n) is 3.27. The van der Waals surface area contributed by atoms with E-state index in [9.17, 15) is 4.79 Å². The summed E-state index contributed by atoms with van der Waals surface area (Å²) in [6, 6.07) is 8.26. The zero-order chi connectivity index (χ0) is 19.4. The van der Waals surface area contributed by atoms with Crippen molar-refractivity contribution in [2.45, 2.75) is 46.4 Å². The molecule has 0 bridgehead atoms.